The molecule has 168 valence electrons. The van der Waals surface area contributed by atoms with E-state index in [1.165, 1.54) is 0 Å². The van der Waals surface area contributed by atoms with Gasteiger partial charge in [-0.3, -0.25) is 9.88 Å². The van der Waals surface area contributed by atoms with Gasteiger partial charge in [0, 0.05) is 54.1 Å². The molecule has 32 heavy (non-hydrogen) atoms. The van der Waals surface area contributed by atoms with Gasteiger partial charge in [0.15, 0.2) is 0 Å². The van der Waals surface area contributed by atoms with Gasteiger partial charge in [0.05, 0.1) is 19.0 Å². The summed E-state index contributed by atoms with van der Waals surface area (Å²) in [5.74, 6) is 1.51. The fraction of sp³-hybridized carbons (Fsp3) is 0.348. The third-order valence-corrected chi connectivity index (χ3v) is 5.80. The lowest BCUT2D eigenvalue weighted by atomic mass is 9.88. The van der Waals surface area contributed by atoms with Crippen LogP contribution < -0.4 is 15.4 Å². The van der Waals surface area contributed by atoms with E-state index in [0.717, 1.165) is 36.7 Å². The lowest BCUT2D eigenvalue weighted by Gasteiger charge is -2.38. The maximum atomic E-state index is 12.7. The molecule has 3 aromatic rings. The van der Waals surface area contributed by atoms with Crippen molar-refractivity contribution in [2.75, 3.05) is 25.5 Å². The second kappa shape index (κ2) is 10.0. The molecule has 3 heterocycles. The van der Waals surface area contributed by atoms with E-state index in [1.807, 2.05) is 25.1 Å². The number of nitrogens with one attached hydrogen (secondary N) is 2. The Hall–Kier alpha value is -3.10. The molecule has 1 saturated heterocycles. The number of halogens is 1. The normalized spacial score (nSPS) is 18.8. The number of benzene rings is 1. The first kappa shape index (κ1) is 22.1. The van der Waals surface area contributed by atoms with Crippen molar-refractivity contribution in [3.05, 3.63) is 70.8 Å². The highest BCUT2D eigenvalue weighted by molar-refractivity contribution is 6.30. The summed E-state index contributed by atoms with van der Waals surface area (Å²) in [5.41, 5.74) is 2.49. The number of carbonyl (C=O) groups is 1. The molecule has 8 nitrogen and oxygen atoms in total. The van der Waals surface area contributed by atoms with E-state index in [9.17, 15) is 4.79 Å². The van der Waals surface area contributed by atoms with Crippen LogP contribution in [-0.4, -0.2) is 47.3 Å². The van der Waals surface area contributed by atoms with Crippen LogP contribution in [0.25, 0.3) is 0 Å². The average Bonchev–Trinajstić information content (AvgIpc) is 3.21. The summed E-state index contributed by atoms with van der Waals surface area (Å²) in [6, 6.07) is 12.5. The number of urea groups is 1. The predicted molar refractivity (Wildman–Crippen MR) is 122 cm³/mol. The van der Waals surface area contributed by atoms with Gasteiger partial charge in [-0.05, 0) is 49.7 Å². The summed E-state index contributed by atoms with van der Waals surface area (Å²) in [6.07, 6.45) is 2.49. The first-order valence-corrected chi connectivity index (χ1v) is 10.9. The number of rotatable bonds is 6. The highest BCUT2D eigenvalue weighted by Gasteiger charge is 2.33. The summed E-state index contributed by atoms with van der Waals surface area (Å²) in [4.78, 5) is 19.6. The van der Waals surface area contributed by atoms with Crippen molar-refractivity contribution >= 4 is 23.3 Å². The Labute approximate surface area is 191 Å². The van der Waals surface area contributed by atoms with Crippen LogP contribution in [0.4, 0.5) is 10.5 Å². The monoisotopic (exact) mass is 455 g/mol. The molecule has 2 N–H and O–H groups in total. The summed E-state index contributed by atoms with van der Waals surface area (Å²) in [5, 5.41) is 10.7. The number of hydrogen-bond donors (Lipinski definition) is 2. The minimum atomic E-state index is -0.253. The van der Waals surface area contributed by atoms with Crippen LogP contribution in [0.3, 0.4) is 0 Å². The smallest absolute Gasteiger partial charge is 0.319 e. The molecule has 0 aliphatic carbocycles. The molecule has 2 amide bonds. The molecule has 1 fully saturated rings. The van der Waals surface area contributed by atoms with Gasteiger partial charge in [-0.15, -0.1) is 0 Å². The van der Waals surface area contributed by atoms with Crippen LogP contribution in [-0.2, 0) is 6.54 Å². The number of amides is 2. The van der Waals surface area contributed by atoms with Gasteiger partial charge in [0.2, 0.25) is 0 Å². The van der Waals surface area contributed by atoms with E-state index >= 15 is 0 Å². The predicted octanol–water partition coefficient (Wildman–Crippen LogP) is 4.22. The molecule has 9 heteroatoms. The van der Waals surface area contributed by atoms with Crippen molar-refractivity contribution in [1.82, 2.24) is 20.4 Å². The largest absolute Gasteiger partial charge is 0.495 e. The van der Waals surface area contributed by atoms with Crippen LogP contribution in [0.15, 0.2) is 53.2 Å². The third-order valence-electron chi connectivity index (χ3n) is 5.55. The zero-order valence-electron chi connectivity index (χ0n) is 18.0. The fourth-order valence-corrected chi connectivity index (χ4v) is 4.08. The van der Waals surface area contributed by atoms with Crippen molar-refractivity contribution in [3.8, 4) is 5.75 Å². The average molecular weight is 456 g/mol. The molecule has 4 rings (SSSR count). The van der Waals surface area contributed by atoms with Gasteiger partial charge >= 0.3 is 6.03 Å². The SMILES string of the molecule is COc1ccc([C@@H]2CN(Cc3cc(C)on3)CC[C@H]2NC(=O)Nc2ccc(Cl)cc2)nc1. The van der Waals surface area contributed by atoms with E-state index in [-0.39, 0.29) is 18.0 Å². The number of piperidine rings is 1. The molecule has 0 bridgehead atoms. The summed E-state index contributed by atoms with van der Waals surface area (Å²) in [7, 11) is 1.62. The minimum absolute atomic E-state index is 0.0126. The molecule has 2 aromatic heterocycles. The number of carbonyl (C=O) groups excluding carboxylic acids is 1. The Kier molecular flexibility index (Phi) is 6.92. The number of hydrogen-bond acceptors (Lipinski definition) is 6. The molecule has 1 aromatic carbocycles. The summed E-state index contributed by atoms with van der Waals surface area (Å²) in [6.45, 7) is 4.13. The second-order valence-corrected chi connectivity index (χ2v) is 8.33. The van der Waals surface area contributed by atoms with E-state index in [0.29, 0.717) is 23.0 Å². The summed E-state index contributed by atoms with van der Waals surface area (Å²) >= 11 is 5.93. The van der Waals surface area contributed by atoms with Crippen molar-refractivity contribution in [3.63, 3.8) is 0 Å². The number of ether oxygens (including phenoxy) is 1. The Balaban J connectivity index is 1.47. The topological polar surface area (TPSA) is 92.5 Å². The Morgan fingerprint density at radius 3 is 2.75 bits per heavy atom. The van der Waals surface area contributed by atoms with Gasteiger partial charge in [-0.25, -0.2) is 4.79 Å². The van der Waals surface area contributed by atoms with Crippen LogP contribution >= 0.6 is 11.6 Å². The highest BCUT2D eigenvalue weighted by Crippen LogP contribution is 2.28. The number of aromatic nitrogens is 2. The summed E-state index contributed by atoms with van der Waals surface area (Å²) < 4.78 is 10.4. The van der Waals surface area contributed by atoms with Crippen LogP contribution in [0.5, 0.6) is 5.75 Å². The van der Waals surface area contributed by atoms with Crippen LogP contribution in [0, 0.1) is 6.92 Å². The number of nitrogens with zero attached hydrogens (tertiary/aromatic N) is 3. The standard InChI is InChI=1S/C23H26ClN5O3/c1-15-11-18(28-32-15)13-29-10-9-22(20(14-29)21-8-7-19(31-2)12-25-21)27-23(30)26-17-5-3-16(24)4-6-17/h3-8,11-12,20,22H,9-10,13-14H2,1-2H3,(H2,26,27,30)/t20-,22+/m0/s1. The van der Waals surface area contributed by atoms with E-state index in [1.54, 1.807) is 37.6 Å². The van der Waals surface area contributed by atoms with Crippen molar-refractivity contribution < 1.29 is 14.1 Å². The molecule has 0 unspecified atom stereocenters. The number of pyridine rings is 1. The zero-order valence-corrected chi connectivity index (χ0v) is 18.8. The molecule has 0 saturated carbocycles. The maximum Gasteiger partial charge on any atom is 0.319 e. The Morgan fingerprint density at radius 2 is 2.09 bits per heavy atom. The fourth-order valence-electron chi connectivity index (χ4n) is 3.96. The lowest BCUT2D eigenvalue weighted by Crippen LogP contribution is -2.50. The second-order valence-electron chi connectivity index (χ2n) is 7.89. The van der Waals surface area contributed by atoms with Gasteiger partial charge in [0.25, 0.3) is 0 Å². The maximum absolute atomic E-state index is 12.7. The minimum Gasteiger partial charge on any atom is -0.495 e. The Bertz CT molecular complexity index is 1040. The molecule has 1 aliphatic rings. The molecular weight excluding hydrogens is 430 g/mol. The van der Waals surface area contributed by atoms with E-state index in [2.05, 4.69) is 25.7 Å². The number of aryl methyl sites for hydroxylation is 1. The molecule has 0 radical (unpaired) electrons. The van der Waals surface area contributed by atoms with Crippen molar-refractivity contribution in [2.45, 2.75) is 31.8 Å². The molecule has 2 atom stereocenters. The van der Waals surface area contributed by atoms with Crippen LogP contribution in [0.2, 0.25) is 5.02 Å². The quantitative estimate of drug-likeness (QED) is 0.578. The van der Waals surface area contributed by atoms with E-state index < -0.39 is 0 Å². The first-order valence-electron chi connectivity index (χ1n) is 10.5. The van der Waals surface area contributed by atoms with Gasteiger partial charge in [0.1, 0.15) is 11.5 Å². The molecule has 0 spiro atoms. The highest BCUT2D eigenvalue weighted by atomic mass is 35.5. The number of likely N-dealkylation sites (tertiary alicyclic amines) is 1. The number of methoxy groups -OCH3 is 1. The van der Waals surface area contributed by atoms with E-state index in [4.69, 9.17) is 20.9 Å². The van der Waals surface area contributed by atoms with Crippen LogP contribution in [0.1, 0.15) is 29.5 Å². The molecular formula is C23H26ClN5O3. The van der Waals surface area contributed by atoms with Gasteiger partial charge < -0.3 is 19.9 Å². The zero-order chi connectivity index (χ0) is 22.5. The van der Waals surface area contributed by atoms with Gasteiger partial charge in [-0.1, -0.05) is 16.8 Å². The Morgan fingerprint density at radius 1 is 1.28 bits per heavy atom. The van der Waals surface area contributed by atoms with Crippen molar-refractivity contribution in [1.29, 1.82) is 0 Å². The third kappa shape index (κ3) is 5.57. The number of anilines is 1. The van der Waals surface area contributed by atoms with Crippen molar-refractivity contribution in [2.24, 2.45) is 0 Å². The first-order chi connectivity index (χ1) is 15.5. The van der Waals surface area contributed by atoms with Gasteiger partial charge in [-0.2, -0.15) is 0 Å². The lowest BCUT2D eigenvalue weighted by molar-refractivity contribution is 0.163. The molecule has 1 aliphatic heterocycles.